The molecule has 0 bridgehead atoms. The minimum absolute atomic E-state index is 0.193. The first-order chi connectivity index (χ1) is 16.1. The van der Waals surface area contributed by atoms with E-state index in [4.69, 9.17) is 28.4 Å². The standard InChI is InChI=1S/C15H23O6.3C4H9.Sn/c1-6-7-16-11-10(9-8-17-14(2,3)19-9)18-13-12(11)20-15(4,5)21-13;3*1-3-4-2;/h1,6,9-13H,7-8H2,2-5H3;3*1,3-4H2,2H3;/t9-,10-,11+,12-,13-;;;;/m1..../s1. The minimum atomic E-state index is -2.32. The summed E-state index contributed by atoms with van der Waals surface area (Å²) in [6.07, 6.45) is 8.91. The van der Waals surface area contributed by atoms with Gasteiger partial charge in [-0.15, -0.1) is 0 Å². The van der Waals surface area contributed by atoms with Gasteiger partial charge in [-0.2, -0.15) is 0 Å². The van der Waals surface area contributed by atoms with Crippen molar-refractivity contribution in [3.8, 4) is 0 Å². The Labute approximate surface area is 212 Å². The normalized spacial score (nSPS) is 32.6. The molecule has 3 saturated heterocycles. The van der Waals surface area contributed by atoms with E-state index in [1.807, 2.05) is 27.7 Å². The van der Waals surface area contributed by atoms with Crippen LogP contribution in [0.4, 0.5) is 0 Å². The molecule has 0 aliphatic carbocycles. The molecule has 0 amide bonds. The van der Waals surface area contributed by atoms with E-state index in [2.05, 4.69) is 30.9 Å². The molecule has 3 aliphatic heterocycles. The van der Waals surface area contributed by atoms with Gasteiger partial charge >= 0.3 is 213 Å². The van der Waals surface area contributed by atoms with Gasteiger partial charge in [0.15, 0.2) is 0 Å². The zero-order valence-electron chi connectivity index (χ0n) is 22.8. The predicted molar refractivity (Wildman–Crippen MR) is 137 cm³/mol. The van der Waals surface area contributed by atoms with E-state index in [1.165, 1.54) is 51.8 Å². The van der Waals surface area contributed by atoms with Crippen LogP contribution in [-0.2, 0) is 28.4 Å². The van der Waals surface area contributed by atoms with Gasteiger partial charge in [-0.05, 0) is 0 Å². The first-order valence-corrected chi connectivity index (χ1v) is 21.5. The maximum atomic E-state index is 6.49. The molecule has 34 heavy (non-hydrogen) atoms. The van der Waals surface area contributed by atoms with Gasteiger partial charge in [0.25, 0.3) is 0 Å². The molecule has 5 atom stereocenters. The molecule has 0 aromatic carbocycles. The van der Waals surface area contributed by atoms with Gasteiger partial charge in [-0.25, -0.2) is 0 Å². The molecule has 0 unspecified atom stereocenters. The van der Waals surface area contributed by atoms with Gasteiger partial charge in [0, 0.05) is 0 Å². The van der Waals surface area contributed by atoms with Crippen molar-refractivity contribution < 1.29 is 28.4 Å². The van der Waals surface area contributed by atoms with Gasteiger partial charge in [-0.3, -0.25) is 0 Å². The van der Waals surface area contributed by atoms with Crippen LogP contribution in [0.25, 0.3) is 0 Å². The molecular weight excluding hydrogens is 539 g/mol. The molecule has 0 aromatic rings. The Bertz CT molecular complexity index is 629. The van der Waals surface area contributed by atoms with Crippen molar-refractivity contribution in [1.82, 2.24) is 0 Å². The van der Waals surface area contributed by atoms with Gasteiger partial charge in [0.2, 0.25) is 0 Å². The molecule has 0 spiro atoms. The van der Waals surface area contributed by atoms with Crippen LogP contribution in [0.5, 0.6) is 0 Å². The predicted octanol–water partition coefficient (Wildman–Crippen LogP) is 6.34. The Hall–Kier alpha value is 0.299. The van der Waals surface area contributed by atoms with Crippen LogP contribution in [0.15, 0.2) is 10.2 Å². The second kappa shape index (κ2) is 12.7. The molecule has 3 fully saturated rings. The third-order valence-corrected chi connectivity index (χ3v) is 21.6. The molecule has 0 aromatic heterocycles. The van der Waals surface area contributed by atoms with Crippen LogP contribution in [-0.4, -0.2) is 73.9 Å². The van der Waals surface area contributed by atoms with Crippen molar-refractivity contribution in [3.05, 3.63) is 10.2 Å². The monoisotopic (exact) mass is 590 g/mol. The second-order valence-electron chi connectivity index (χ2n) is 11.3. The van der Waals surface area contributed by atoms with Crippen LogP contribution < -0.4 is 0 Å². The van der Waals surface area contributed by atoms with E-state index < -0.39 is 36.2 Å². The number of unbranched alkanes of at least 4 members (excludes halogenated alkanes) is 3. The second-order valence-corrected chi connectivity index (χ2v) is 24.3. The van der Waals surface area contributed by atoms with Crippen LogP contribution in [0, 0.1) is 0 Å². The van der Waals surface area contributed by atoms with Gasteiger partial charge < -0.3 is 0 Å². The van der Waals surface area contributed by atoms with Crippen LogP contribution in [0.2, 0.25) is 13.3 Å². The molecule has 198 valence electrons. The van der Waals surface area contributed by atoms with E-state index in [0.29, 0.717) is 13.2 Å². The van der Waals surface area contributed by atoms with E-state index in [1.54, 1.807) is 0 Å². The number of hydrogen-bond acceptors (Lipinski definition) is 6. The summed E-state index contributed by atoms with van der Waals surface area (Å²) in [5.74, 6) is -1.28. The molecule has 0 N–H and O–H groups in total. The summed E-state index contributed by atoms with van der Waals surface area (Å²) in [5.41, 5.74) is 0. The zero-order chi connectivity index (χ0) is 24.8. The molecule has 6 nitrogen and oxygen atoms in total. The fourth-order valence-corrected chi connectivity index (χ4v) is 19.9. The molecular formula is C27H50O6Sn. The number of ether oxygens (including phenoxy) is 6. The Morgan fingerprint density at radius 3 is 1.97 bits per heavy atom. The zero-order valence-corrected chi connectivity index (χ0v) is 25.6. The average molecular weight is 589 g/mol. The fourth-order valence-electron chi connectivity index (χ4n) is 5.55. The van der Waals surface area contributed by atoms with Crippen LogP contribution >= 0.6 is 0 Å². The van der Waals surface area contributed by atoms with E-state index in [0.717, 1.165) is 0 Å². The topological polar surface area (TPSA) is 55.4 Å². The Kier molecular flexibility index (Phi) is 10.8. The van der Waals surface area contributed by atoms with E-state index >= 15 is 0 Å². The Balaban J connectivity index is 1.68. The molecule has 7 heteroatoms. The SMILES string of the molecule is CCC[CH2][Sn](/[CH]=C/CO[C@@H]1[C@H]2OC(C)(C)O[C@H]2O[C@@H]1[C@H]1COC(C)(C)O1)([CH2]CCC)[CH2]CCC. The number of fused-ring (bicyclic) bond motifs is 1. The summed E-state index contributed by atoms with van der Waals surface area (Å²) in [6.45, 7) is 15.8. The van der Waals surface area contributed by atoms with Crippen molar-refractivity contribution in [1.29, 1.82) is 0 Å². The van der Waals surface area contributed by atoms with Crippen LogP contribution in [0.1, 0.15) is 87.0 Å². The molecule has 3 aliphatic rings. The number of rotatable bonds is 14. The first-order valence-electron chi connectivity index (χ1n) is 13.8. The summed E-state index contributed by atoms with van der Waals surface area (Å²) < 4.78 is 44.0. The van der Waals surface area contributed by atoms with Crippen molar-refractivity contribution in [2.75, 3.05) is 13.2 Å². The quantitative estimate of drug-likeness (QED) is 0.221. The number of hydrogen-bond donors (Lipinski definition) is 0. The third kappa shape index (κ3) is 7.65. The van der Waals surface area contributed by atoms with Crippen molar-refractivity contribution in [2.24, 2.45) is 0 Å². The molecule has 0 saturated carbocycles. The van der Waals surface area contributed by atoms with Crippen molar-refractivity contribution >= 4 is 18.4 Å². The van der Waals surface area contributed by atoms with Crippen LogP contribution in [0.3, 0.4) is 0 Å². The molecule has 3 rings (SSSR count). The summed E-state index contributed by atoms with van der Waals surface area (Å²) in [4.78, 5) is 0. The van der Waals surface area contributed by atoms with Crippen molar-refractivity contribution in [3.63, 3.8) is 0 Å². The summed E-state index contributed by atoms with van der Waals surface area (Å²) in [7, 11) is 0. The summed E-state index contributed by atoms with van der Waals surface area (Å²) >= 11 is -2.32. The van der Waals surface area contributed by atoms with Crippen molar-refractivity contribution in [2.45, 2.75) is 143 Å². The third-order valence-electron chi connectivity index (χ3n) is 7.36. The first kappa shape index (κ1) is 28.9. The average Bonchev–Trinajstić information content (AvgIpc) is 3.40. The van der Waals surface area contributed by atoms with Gasteiger partial charge in [0.05, 0.1) is 0 Å². The fraction of sp³-hybridized carbons (Fsp3) is 0.926. The van der Waals surface area contributed by atoms with E-state index in [-0.39, 0.29) is 24.4 Å². The van der Waals surface area contributed by atoms with Gasteiger partial charge in [0.1, 0.15) is 0 Å². The summed E-state index contributed by atoms with van der Waals surface area (Å²) in [5, 5.41) is 0. The molecule has 3 heterocycles. The Morgan fingerprint density at radius 1 is 0.824 bits per heavy atom. The molecule has 0 radical (unpaired) electrons. The summed E-state index contributed by atoms with van der Waals surface area (Å²) in [6, 6.07) is 0. The van der Waals surface area contributed by atoms with Gasteiger partial charge in [-0.1, -0.05) is 0 Å². The van der Waals surface area contributed by atoms with E-state index in [9.17, 15) is 0 Å². The maximum absolute atomic E-state index is 6.49. The Morgan fingerprint density at radius 2 is 1.44 bits per heavy atom.